The second-order valence-corrected chi connectivity index (χ2v) is 34.0. The van der Waals surface area contributed by atoms with Gasteiger partial charge in [0, 0.05) is 5.69 Å². The highest BCUT2D eigenvalue weighted by atomic mass is 28.3. The van der Waals surface area contributed by atoms with E-state index in [9.17, 15) is 0 Å². The van der Waals surface area contributed by atoms with Gasteiger partial charge in [-0.25, -0.2) is 0 Å². The molecule has 99 heavy (non-hydrogen) atoms. The third kappa shape index (κ3) is 9.85. The van der Waals surface area contributed by atoms with Crippen LogP contribution in [-0.4, -0.2) is 21.5 Å². The molecular formula is C95H89B2NSi. The van der Waals surface area contributed by atoms with Gasteiger partial charge in [0.1, 0.15) is 0 Å². The zero-order valence-electron chi connectivity index (χ0n) is 59.7. The Bertz CT molecular complexity index is 4910. The van der Waals surface area contributed by atoms with E-state index in [4.69, 9.17) is 0 Å². The van der Waals surface area contributed by atoms with Crippen molar-refractivity contribution in [3.05, 3.63) is 363 Å². The number of nitrogens with zero attached hydrogens (tertiary/aromatic N) is 1. The molecule has 0 unspecified atom stereocenters. The summed E-state index contributed by atoms with van der Waals surface area (Å²) in [4.78, 5) is 2.67. The Morgan fingerprint density at radius 3 is 0.970 bits per heavy atom. The number of para-hydroxylation sites is 2. The van der Waals surface area contributed by atoms with Crippen LogP contribution in [0.3, 0.4) is 0 Å². The fraction of sp³-hybridized carbons (Fsp3) is 0.200. The first-order valence-electron chi connectivity index (χ1n) is 36.6. The van der Waals surface area contributed by atoms with Crippen molar-refractivity contribution < 1.29 is 0 Å². The Balaban J connectivity index is 1.00. The topological polar surface area (TPSA) is 3.24 Å². The van der Waals surface area contributed by atoms with Gasteiger partial charge in [-0.15, -0.1) is 0 Å². The number of hydrogen-bond donors (Lipinski definition) is 0. The molecule has 1 nitrogen and oxygen atoms in total. The van der Waals surface area contributed by atoms with Gasteiger partial charge in [-0.1, -0.05) is 377 Å². The normalized spacial score (nSPS) is 14.8. The summed E-state index contributed by atoms with van der Waals surface area (Å²) in [7, 11) is -3.47. The second-order valence-electron chi connectivity index (χ2n) is 30.4. The van der Waals surface area contributed by atoms with Crippen LogP contribution in [0.2, 0.25) is 0 Å². The lowest BCUT2D eigenvalue weighted by Crippen LogP contribution is -2.76. The summed E-state index contributed by atoms with van der Waals surface area (Å²) in [5.74, 6) is 2.05. The monoisotopic (exact) mass is 1290 g/mol. The molecule has 16 rings (SSSR count). The van der Waals surface area contributed by atoms with Crippen molar-refractivity contribution in [2.45, 2.75) is 124 Å². The zero-order chi connectivity index (χ0) is 68.2. The maximum atomic E-state index is 2.68. The highest BCUT2D eigenvalue weighted by Crippen LogP contribution is 2.63. The molecule has 0 N–H and O–H groups in total. The Labute approximate surface area is 591 Å². The van der Waals surface area contributed by atoms with Crippen LogP contribution < -0.4 is 48.1 Å². The highest BCUT2D eigenvalue weighted by Gasteiger charge is 2.62. The number of hydrogen-bond acceptors (Lipinski definition) is 1. The van der Waals surface area contributed by atoms with Crippen LogP contribution in [-0.2, 0) is 5.41 Å². The molecule has 4 heterocycles. The van der Waals surface area contributed by atoms with E-state index in [1.54, 1.807) is 0 Å². The second kappa shape index (κ2) is 25.2. The van der Waals surface area contributed by atoms with Gasteiger partial charge < -0.3 is 4.90 Å². The molecule has 12 aromatic rings. The summed E-state index contributed by atoms with van der Waals surface area (Å²) in [6.45, 7) is 28.9. The van der Waals surface area contributed by atoms with E-state index in [1.807, 2.05) is 0 Å². The van der Waals surface area contributed by atoms with Crippen LogP contribution in [0.4, 0.5) is 17.1 Å². The molecule has 0 fully saturated rings. The molecule has 0 bridgehead atoms. The van der Waals surface area contributed by atoms with Gasteiger partial charge >= 0.3 is 0 Å². The van der Waals surface area contributed by atoms with Crippen molar-refractivity contribution >= 4 is 103 Å². The van der Waals surface area contributed by atoms with E-state index in [0.29, 0.717) is 35.5 Å². The number of allylic oxidation sites excluding steroid dienone is 2. The standard InChI is InChI=1S/C95H89B2NSi/c1-60(2)70-55-73(62(5)6)91(74(56-70)63(7)8)96-81-47-29-30-48-82(81)97(92-75(64(9)10)57-71(61(3)4)58-76(92)65(11)12)84-59-72(53-54-83(84)96)98-85-49-31-25-43-77(85)95(78-44-26-32-50-86(78)98)79-45-27-33-51-87(79)99(88-52-34-28-46-80(88)95)93(68-39-21-15-22-40-68)89(66-35-17-13-18-36-66)90(67-37-19-14-20-38-67)94(99)69-41-23-16-24-42-69/h13-65H,1-12H3. The molecule has 484 valence electrons. The van der Waals surface area contributed by atoms with Crippen molar-refractivity contribution in [2.24, 2.45) is 0 Å². The van der Waals surface area contributed by atoms with E-state index in [0.717, 1.165) is 0 Å². The van der Waals surface area contributed by atoms with E-state index in [1.165, 1.54) is 160 Å². The average molecular weight is 1290 g/mol. The molecule has 2 spiro atoms. The summed E-state index contributed by atoms with van der Waals surface area (Å²) >= 11 is 0. The molecule has 0 radical (unpaired) electrons. The van der Waals surface area contributed by atoms with Crippen LogP contribution >= 0.6 is 0 Å². The molecule has 12 aromatic carbocycles. The predicted molar refractivity (Wildman–Crippen MR) is 431 cm³/mol. The summed E-state index contributed by atoms with van der Waals surface area (Å²) in [6, 6.07) is 112. The van der Waals surface area contributed by atoms with Gasteiger partial charge in [0.05, 0.1) is 16.8 Å². The van der Waals surface area contributed by atoms with Crippen molar-refractivity contribution in [1.82, 2.24) is 0 Å². The summed E-state index contributed by atoms with van der Waals surface area (Å²) in [6.07, 6.45) is 0. The first kappa shape index (κ1) is 64.0. The summed E-state index contributed by atoms with van der Waals surface area (Å²) in [5.41, 5.74) is 33.0. The molecule has 0 atom stereocenters. The van der Waals surface area contributed by atoms with Crippen LogP contribution in [0.1, 0.15) is 196 Å². The average Bonchev–Trinajstić information content (AvgIpc) is 1.61. The maximum Gasteiger partial charge on any atom is 0.240 e. The van der Waals surface area contributed by atoms with E-state index < -0.39 is 13.5 Å². The van der Waals surface area contributed by atoms with E-state index in [-0.39, 0.29) is 13.4 Å². The van der Waals surface area contributed by atoms with Crippen LogP contribution in [0.5, 0.6) is 0 Å². The lowest BCUT2D eigenvalue weighted by Gasteiger charge is -2.53. The molecule has 4 aliphatic rings. The molecule has 0 saturated heterocycles. The number of rotatable bonds is 13. The van der Waals surface area contributed by atoms with Crippen molar-refractivity contribution in [2.75, 3.05) is 4.90 Å². The smallest absolute Gasteiger partial charge is 0.240 e. The Hall–Kier alpha value is -9.73. The fourth-order valence-electron chi connectivity index (χ4n) is 18.6. The Kier molecular flexibility index (Phi) is 16.3. The first-order valence-corrected chi connectivity index (χ1v) is 38.6. The van der Waals surface area contributed by atoms with Crippen molar-refractivity contribution in [3.63, 3.8) is 0 Å². The third-order valence-electron chi connectivity index (χ3n) is 22.8. The highest BCUT2D eigenvalue weighted by molar-refractivity contribution is 7.30. The molecule has 0 amide bonds. The Morgan fingerprint density at radius 2 is 0.596 bits per heavy atom. The lowest BCUT2D eigenvalue weighted by molar-refractivity contribution is 0.736. The van der Waals surface area contributed by atoms with Gasteiger partial charge in [0.25, 0.3) is 0 Å². The summed E-state index contributed by atoms with van der Waals surface area (Å²) < 4.78 is 0. The quantitative estimate of drug-likeness (QED) is 0.104. The summed E-state index contributed by atoms with van der Waals surface area (Å²) in [5, 5.41) is 5.71. The largest absolute Gasteiger partial charge is 0.310 e. The van der Waals surface area contributed by atoms with Crippen LogP contribution in [0, 0.1) is 0 Å². The Morgan fingerprint density at radius 1 is 0.283 bits per heavy atom. The van der Waals surface area contributed by atoms with Crippen LogP contribution in [0.15, 0.2) is 285 Å². The molecule has 0 aliphatic carbocycles. The number of anilines is 3. The van der Waals surface area contributed by atoms with Gasteiger partial charge in [0.2, 0.25) is 13.4 Å². The van der Waals surface area contributed by atoms with E-state index in [2.05, 4.69) is 373 Å². The third-order valence-corrected chi connectivity index (χ3v) is 27.9. The van der Waals surface area contributed by atoms with E-state index >= 15 is 0 Å². The molecule has 0 saturated carbocycles. The number of fused-ring (bicyclic) bond motifs is 12. The molecular weight excluding hydrogens is 1200 g/mol. The van der Waals surface area contributed by atoms with Gasteiger partial charge in [-0.05, 0) is 170 Å². The SMILES string of the molecule is CC(C)c1cc(C(C)C)c(B2c3ccccc3B(c3c(C(C)C)cc(C(C)C)cc3C(C)C)c3cc(N4c5ccccc5C5(c6ccccc64)c4ccccc4[Si]4(C(c6ccccc6)=C(c6ccccc6)C(c6ccccc6)=C4c4ccccc4)c4ccccc45)ccc32)c(C(C)C)c1. The first-order chi connectivity index (χ1) is 48.2. The van der Waals surface area contributed by atoms with Crippen LogP contribution in [0.25, 0.3) is 21.5 Å². The van der Waals surface area contributed by atoms with Crippen molar-refractivity contribution in [1.29, 1.82) is 0 Å². The number of benzene rings is 12. The predicted octanol–water partition coefficient (Wildman–Crippen LogP) is 19.1. The molecule has 4 heteroatoms. The molecule has 0 aromatic heterocycles. The zero-order valence-corrected chi connectivity index (χ0v) is 60.7. The maximum absolute atomic E-state index is 3.47. The van der Waals surface area contributed by atoms with Gasteiger partial charge in [-0.2, -0.15) is 0 Å². The minimum atomic E-state index is -3.47. The van der Waals surface area contributed by atoms with Crippen molar-refractivity contribution in [3.8, 4) is 0 Å². The minimum absolute atomic E-state index is 0.0124. The van der Waals surface area contributed by atoms with Gasteiger partial charge in [0.15, 0.2) is 8.07 Å². The minimum Gasteiger partial charge on any atom is -0.310 e. The fourth-order valence-corrected chi connectivity index (χ4v) is 24.7. The molecule has 4 aliphatic heterocycles. The lowest BCUT2D eigenvalue weighted by atomic mass is 9.20. The van der Waals surface area contributed by atoms with Gasteiger partial charge in [-0.3, -0.25) is 0 Å².